The average Bonchev–Trinajstić information content (AvgIpc) is 3.42. The minimum Gasteiger partial charge on any atom is -0.462 e. The molecular formula is C26H22BrClN2O4S. The lowest BCUT2D eigenvalue weighted by Gasteiger charge is -2.07. The molecule has 0 bridgehead atoms. The van der Waals surface area contributed by atoms with E-state index in [1.165, 1.54) is 16.7 Å². The molecule has 2 aromatic carbocycles. The summed E-state index contributed by atoms with van der Waals surface area (Å²) in [6.45, 7) is 2.46. The van der Waals surface area contributed by atoms with Crippen molar-refractivity contribution in [3.05, 3.63) is 80.3 Å². The number of furan rings is 1. The summed E-state index contributed by atoms with van der Waals surface area (Å²) >= 11 is 10.8. The van der Waals surface area contributed by atoms with Crippen LogP contribution in [-0.2, 0) is 9.53 Å². The molecule has 0 unspecified atom stereocenters. The number of nitrogens with zero attached hydrogens (tertiary/aromatic N) is 2. The number of esters is 1. The van der Waals surface area contributed by atoms with Gasteiger partial charge in [-0.3, -0.25) is 9.69 Å². The molecule has 0 atom stereocenters. The monoisotopic (exact) mass is 572 g/mol. The number of ether oxygens (including phenoxy) is 1. The number of likely N-dealkylation sites (N-methyl/N-ethyl adjacent to an activating group) is 1. The third kappa shape index (κ3) is 6.07. The number of amides is 1. The number of carbonyl (C=O) groups is 2. The minimum absolute atomic E-state index is 0.166. The Kier molecular flexibility index (Phi) is 8.15. The van der Waals surface area contributed by atoms with Gasteiger partial charge in [0, 0.05) is 23.2 Å². The molecule has 2 heterocycles. The fourth-order valence-corrected chi connectivity index (χ4v) is 4.58. The molecule has 3 aromatic rings. The smallest absolute Gasteiger partial charge is 0.338 e. The fraction of sp³-hybridized carbons (Fsp3) is 0.192. The second-order valence-electron chi connectivity index (χ2n) is 7.74. The van der Waals surface area contributed by atoms with Crippen molar-refractivity contribution in [2.24, 2.45) is 4.99 Å². The Morgan fingerprint density at radius 1 is 1.20 bits per heavy atom. The highest BCUT2D eigenvalue weighted by atomic mass is 79.9. The molecule has 180 valence electrons. The molecule has 0 radical (unpaired) electrons. The quantitative estimate of drug-likeness (QED) is 0.166. The molecule has 0 saturated carbocycles. The van der Waals surface area contributed by atoms with Crippen molar-refractivity contribution in [1.29, 1.82) is 0 Å². The van der Waals surface area contributed by atoms with Crippen molar-refractivity contribution in [1.82, 2.24) is 4.90 Å². The van der Waals surface area contributed by atoms with Gasteiger partial charge in [-0.25, -0.2) is 9.79 Å². The van der Waals surface area contributed by atoms with Crippen LogP contribution in [0.15, 0.2) is 73.4 Å². The van der Waals surface area contributed by atoms with Crippen molar-refractivity contribution < 1.29 is 18.7 Å². The molecule has 6 nitrogen and oxygen atoms in total. The molecular weight excluding hydrogens is 552 g/mol. The molecule has 4 rings (SSSR count). The summed E-state index contributed by atoms with van der Waals surface area (Å²) in [4.78, 5) is 31.4. The normalized spacial score (nSPS) is 15.9. The Bertz CT molecular complexity index is 1320. The number of aliphatic imine (C=N–C) groups is 1. The number of rotatable bonds is 7. The SMILES string of the molecule is CCCCOC(=O)c1ccc(-c2ccc(/C=C3\SC(=Nc4ccc(Br)c(Cl)c4)N(C)C3=O)o2)cc1. The lowest BCUT2D eigenvalue weighted by atomic mass is 10.1. The third-order valence-electron chi connectivity index (χ3n) is 5.17. The summed E-state index contributed by atoms with van der Waals surface area (Å²) in [5.74, 6) is 0.671. The zero-order valence-electron chi connectivity index (χ0n) is 19.1. The van der Waals surface area contributed by atoms with E-state index in [1.807, 2.05) is 37.3 Å². The number of thioether (sulfide) groups is 1. The van der Waals surface area contributed by atoms with Crippen LogP contribution in [0.1, 0.15) is 35.9 Å². The first kappa shape index (κ1) is 25.3. The van der Waals surface area contributed by atoms with Gasteiger partial charge in [0.05, 0.1) is 27.8 Å². The second kappa shape index (κ2) is 11.3. The van der Waals surface area contributed by atoms with Crippen LogP contribution >= 0.6 is 39.3 Å². The average molecular weight is 574 g/mol. The van der Waals surface area contributed by atoms with E-state index in [9.17, 15) is 9.59 Å². The van der Waals surface area contributed by atoms with Crippen LogP contribution in [0.2, 0.25) is 5.02 Å². The number of hydrogen-bond acceptors (Lipinski definition) is 6. The number of unbranched alkanes of at least 4 members (excludes halogenated alkanes) is 1. The lowest BCUT2D eigenvalue weighted by molar-refractivity contribution is -0.121. The molecule has 1 aliphatic rings. The first-order valence-electron chi connectivity index (χ1n) is 10.9. The van der Waals surface area contributed by atoms with Crippen LogP contribution in [0.3, 0.4) is 0 Å². The molecule has 0 spiro atoms. The number of amidine groups is 1. The first-order valence-corrected chi connectivity index (χ1v) is 12.9. The molecule has 0 N–H and O–H groups in total. The molecule has 1 aromatic heterocycles. The molecule has 1 amide bonds. The topological polar surface area (TPSA) is 72.1 Å². The molecule has 0 aliphatic carbocycles. The summed E-state index contributed by atoms with van der Waals surface area (Å²) in [7, 11) is 1.68. The van der Waals surface area contributed by atoms with Crippen LogP contribution in [0.25, 0.3) is 17.4 Å². The fourth-order valence-electron chi connectivity index (χ4n) is 3.19. The Balaban J connectivity index is 1.47. The Hall–Kier alpha value is -2.81. The van der Waals surface area contributed by atoms with E-state index in [-0.39, 0.29) is 11.9 Å². The standard InChI is InChI=1S/C26H22BrClN2O4S/c1-3-4-13-33-25(32)17-7-5-16(6-8-17)22-12-10-19(34-22)15-23-24(31)30(2)26(35-23)29-18-9-11-20(27)21(28)14-18/h5-12,14-15H,3-4,13H2,1-2H3/b23-15-,29-26?. The van der Waals surface area contributed by atoms with E-state index in [4.69, 9.17) is 20.8 Å². The lowest BCUT2D eigenvalue weighted by Crippen LogP contribution is -2.23. The van der Waals surface area contributed by atoms with Crippen LogP contribution in [0.5, 0.6) is 0 Å². The Labute approximate surface area is 221 Å². The maximum atomic E-state index is 12.7. The number of halogens is 2. The van der Waals surface area contributed by atoms with E-state index in [2.05, 4.69) is 20.9 Å². The number of carbonyl (C=O) groups excluding carboxylic acids is 2. The van der Waals surface area contributed by atoms with Gasteiger partial charge < -0.3 is 9.15 Å². The van der Waals surface area contributed by atoms with Crippen molar-refractivity contribution in [3.63, 3.8) is 0 Å². The van der Waals surface area contributed by atoms with Crippen molar-refractivity contribution >= 4 is 68.1 Å². The Morgan fingerprint density at radius 3 is 2.69 bits per heavy atom. The van der Waals surface area contributed by atoms with Gasteiger partial charge in [0.1, 0.15) is 11.5 Å². The van der Waals surface area contributed by atoms with Gasteiger partial charge in [-0.15, -0.1) is 0 Å². The van der Waals surface area contributed by atoms with Gasteiger partial charge in [0.15, 0.2) is 5.17 Å². The van der Waals surface area contributed by atoms with Gasteiger partial charge in [0.25, 0.3) is 5.91 Å². The van der Waals surface area contributed by atoms with Gasteiger partial charge in [-0.05, 0) is 76.6 Å². The molecule has 1 fully saturated rings. The van der Waals surface area contributed by atoms with Gasteiger partial charge in [-0.1, -0.05) is 37.1 Å². The third-order valence-corrected chi connectivity index (χ3v) is 7.46. The van der Waals surface area contributed by atoms with E-state index >= 15 is 0 Å². The highest BCUT2D eigenvalue weighted by Crippen LogP contribution is 2.35. The van der Waals surface area contributed by atoms with E-state index in [1.54, 1.807) is 37.4 Å². The Morgan fingerprint density at radius 2 is 1.97 bits per heavy atom. The first-order chi connectivity index (χ1) is 16.9. The summed E-state index contributed by atoms with van der Waals surface area (Å²) in [5.41, 5.74) is 1.96. The molecule has 1 aliphatic heterocycles. The number of benzene rings is 2. The van der Waals surface area contributed by atoms with Crippen molar-refractivity contribution in [2.75, 3.05) is 13.7 Å². The van der Waals surface area contributed by atoms with Gasteiger partial charge in [-0.2, -0.15) is 0 Å². The van der Waals surface area contributed by atoms with Crippen molar-refractivity contribution in [2.45, 2.75) is 19.8 Å². The largest absolute Gasteiger partial charge is 0.462 e. The van der Waals surface area contributed by atoms with Gasteiger partial charge in [0.2, 0.25) is 0 Å². The highest BCUT2D eigenvalue weighted by molar-refractivity contribution is 9.10. The summed E-state index contributed by atoms with van der Waals surface area (Å²) in [6.07, 6.45) is 3.51. The predicted molar refractivity (Wildman–Crippen MR) is 144 cm³/mol. The molecule has 35 heavy (non-hydrogen) atoms. The van der Waals surface area contributed by atoms with E-state index in [0.29, 0.717) is 44.5 Å². The predicted octanol–water partition coefficient (Wildman–Crippen LogP) is 7.55. The summed E-state index contributed by atoms with van der Waals surface area (Å²) in [5, 5.41) is 1.09. The van der Waals surface area contributed by atoms with Crippen molar-refractivity contribution in [3.8, 4) is 11.3 Å². The van der Waals surface area contributed by atoms with Crippen LogP contribution in [0, 0.1) is 0 Å². The van der Waals surface area contributed by atoms with Gasteiger partial charge >= 0.3 is 5.97 Å². The zero-order valence-corrected chi connectivity index (χ0v) is 22.2. The molecule has 1 saturated heterocycles. The van der Waals surface area contributed by atoms with Crippen LogP contribution in [-0.4, -0.2) is 35.6 Å². The summed E-state index contributed by atoms with van der Waals surface area (Å²) in [6, 6.07) is 16.0. The van der Waals surface area contributed by atoms with Crippen LogP contribution < -0.4 is 0 Å². The zero-order chi connectivity index (χ0) is 24.9. The van der Waals surface area contributed by atoms with Crippen LogP contribution in [0.4, 0.5) is 5.69 Å². The summed E-state index contributed by atoms with van der Waals surface area (Å²) < 4.78 is 12.0. The molecule has 9 heteroatoms. The maximum absolute atomic E-state index is 12.7. The highest BCUT2D eigenvalue weighted by Gasteiger charge is 2.30. The van der Waals surface area contributed by atoms with E-state index in [0.717, 1.165) is 22.9 Å². The second-order valence-corrected chi connectivity index (χ2v) is 10.0. The maximum Gasteiger partial charge on any atom is 0.338 e. The minimum atomic E-state index is -0.335. The van der Waals surface area contributed by atoms with E-state index < -0.39 is 0 Å². The number of hydrogen-bond donors (Lipinski definition) is 0.